The van der Waals surface area contributed by atoms with Gasteiger partial charge in [-0.2, -0.15) is 13.2 Å². The summed E-state index contributed by atoms with van der Waals surface area (Å²) in [7, 11) is 0. The van der Waals surface area contributed by atoms with E-state index in [9.17, 15) is 22.8 Å². The number of aryl methyl sites for hydroxylation is 1. The van der Waals surface area contributed by atoms with Gasteiger partial charge in [0.05, 0.1) is 5.41 Å². The van der Waals surface area contributed by atoms with E-state index < -0.39 is 17.6 Å². The van der Waals surface area contributed by atoms with Gasteiger partial charge in [0.1, 0.15) is 5.69 Å². The zero-order chi connectivity index (χ0) is 24.9. The average Bonchev–Trinajstić information content (AvgIpc) is 3.08. The molecular weight excluding hydrogens is 453 g/mol. The Hall–Kier alpha value is -3.50. The number of likely N-dealkylation sites (tertiary alicyclic amines) is 2. The van der Waals surface area contributed by atoms with Crippen LogP contribution in [0.2, 0.25) is 0 Å². The van der Waals surface area contributed by atoms with E-state index in [0.29, 0.717) is 25.3 Å². The molecule has 4 rings (SSSR count). The monoisotopic (exact) mass is 478 g/mol. The van der Waals surface area contributed by atoms with E-state index in [1.165, 1.54) is 0 Å². The Morgan fingerprint density at radius 2 is 1.88 bits per heavy atom. The van der Waals surface area contributed by atoms with Gasteiger partial charge >= 0.3 is 12.1 Å². The van der Waals surface area contributed by atoms with Crippen molar-refractivity contribution in [2.75, 3.05) is 19.6 Å². The number of amides is 2. The van der Waals surface area contributed by atoms with Crippen LogP contribution >= 0.6 is 0 Å². The van der Waals surface area contributed by atoms with Crippen molar-refractivity contribution in [3.05, 3.63) is 59.7 Å². The lowest BCUT2D eigenvalue weighted by atomic mass is 9.78. The highest BCUT2D eigenvalue weighted by atomic mass is 19.4. The number of pyridine rings is 2. The van der Waals surface area contributed by atoms with Crippen molar-refractivity contribution in [2.45, 2.75) is 38.9 Å². The molecule has 2 fully saturated rings. The van der Waals surface area contributed by atoms with E-state index in [-0.39, 0.29) is 11.8 Å². The fraction of sp³-hybridized carbons (Fsp3) is 0.435. The molecule has 2 saturated heterocycles. The number of hydrogen-bond acceptors (Lipinski definition) is 5. The fourth-order valence-corrected chi connectivity index (χ4v) is 4.26. The quantitative estimate of drug-likeness (QED) is 0.727. The molecule has 1 spiro atoms. The summed E-state index contributed by atoms with van der Waals surface area (Å²) in [4.78, 5) is 47.2. The van der Waals surface area contributed by atoms with Crippen molar-refractivity contribution in [1.29, 1.82) is 0 Å². The van der Waals surface area contributed by atoms with E-state index in [1.807, 2.05) is 41.0 Å². The third-order valence-electron chi connectivity index (χ3n) is 5.91. The third kappa shape index (κ3) is 5.89. The number of aliphatic carboxylic acids is 1. The average molecular weight is 478 g/mol. The van der Waals surface area contributed by atoms with E-state index in [2.05, 4.69) is 9.97 Å². The molecule has 1 atom stereocenters. The summed E-state index contributed by atoms with van der Waals surface area (Å²) in [6, 6.07) is 9.37. The Morgan fingerprint density at radius 3 is 2.50 bits per heavy atom. The molecule has 0 aliphatic carbocycles. The van der Waals surface area contributed by atoms with Gasteiger partial charge in [-0.25, -0.2) is 9.78 Å². The molecule has 2 aromatic heterocycles. The van der Waals surface area contributed by atoms with Gasteiger partial charge in [0.25, 0.3) is 5.91 Å². The molecule has 0 saturated carbocycles. The van der Waals surface area contributed by atoms with Crippen LogP contribution in [0.1, 0.15) is 41.0 Å². The second kappa shape index (κ2) is 10.2. The standard InChI is InChI=1S/C21H24N4O2.C2HF3O2/c1-16-5-2-7-18(23-16)19(26)25-11-4-8-21(15-25)9-12-24(20(21)27)14-17-6-3-10-22-13-17;3-2(4,5)1(6)7/h2-3,5-7,10,13H,4,8-9,11-12,14-15H2,1H3;(H,6,7). The summed E-state index contributed by atoms with van der Waals surface area (Å²) in [5.74, 6) is -2.66. The van der Waals surface area contributed by atoms with E-state index in [0.717, 1.165) is 37.1 Å². The number of nitrogens with zero attached hydrogens (tertiary/aromatic N) is 4. The predicted octanol–water partition coefficient (Wildman–Crippen LogP) is 3.07. The number of rotatable bonds is 3. The van der Waals surface area contributed by atoms with Crippen LogP contribution in [0.3, 0.4) is 0 Å². The molecule has 11 heteroatoms. The van der Waals surface area contributed by atoms with Gasteiger partial charge in [-0.15, -0.1) is 0 Å². The van der Waals surface area contributed by atoms with Crippen molar-refractivity contribution in [3.63, 3.8) is 0 Å². The summed E-state index contributed by atoms with van der Waals surface area (Å²) in [6.07, 6.45) is 0.959. The zero-order valence-electron chi connectivity index (χ0n) is 18.6. The maximum absolute atomic E-state index is 13.2. The van der Waals surface area contributed by atoms with Gasteiger partial charge in [-0.05, 0) is 49.9 Å². The largest absolute Gasteiger partial charge is 0.490 e. The van der Waals surface area contributed by atoms with Crippen molar-refractivity contribution in [2.24, 2.45) is 5.41 Å². The maximum atomic E-state index is 13.2. The minimum Gasteiger partial charge on any atom is -0.475 e. The molecule has 1 N–H and O–H groups in total. The van der Waals surface area contributed by atoms with Gasteiger partial charge in [0.2, 0.25) is 5.91 Å². The summed E-state index contributed by atoms with van der Waals surface area (Å²) in [6.45, 7) is 4.38. The Bertz CT molecular complexity index is 1050. The Morgan fingerprint density at radius 1 is 1.15 bits per heavy atom. The van der Waals surface area contributed by atoms with Gasteiger partial charge in [-0.3, -0.25) is 14.6 Å². The summed E-state index contributed by atoms with van der Waals surface area (Å²) < 4.78 is 31.7. The highest BCUT2D eigenvalue weighted by Gasteiger charge is 2.49. The number of halogens is 3. The number of alkyl halides is 3. The van der Waals surface area contributed by atoms with Crippen molar-refractivity contribution in [1.82, 2.24) is 19.8 Å². The first-order valence-electron chi connectivity index (χ1n) is 10.7. The van der Waals surface area contributed by atoms with E-state index >= 15 is 0 Å². The molecule has 8 nitrogen and oxygen atoms in total. The molecule has 4 heterocycles. The number of piperidine rings is 1. The van der Waals surface area contributed by atoms with Gasteiger partial charge in [-0.1, -0.05) is 12.1 Å². The van der Waals surface area contributed by atoms with Crippen LogP contribution in [0, 0.1) is 12.3 Å². The number of hydrogen-bond donors (Lipinski definition) is 1. The molecule has 2 aliphatic heterocycles. The van der Waals surface area contributed by atoms with Gasteiger partial charge in [0, 0.05) is 44.3 Å². The minimum atomic E-state index is -5.08. The summed E-state index contributed by atoms with van der Waals surface area (Å²) >= 11 is 0. The number of carbonyl (C=O) groups excluding carboxylic acids is 2. The molecule has 2 aromatic rings. The van der Waals surface area contributed by atoms with Gasteiger partial charge < -0.3 is 14.9 Å². The lowest BCUT2D eigenvalue weighted by Gasteiger charge is -2.39. The predicted molar refractivity (Wildman–Crippen MR) is 115 cm³/mol. The Balaban J connectivity index is 0.000000406. The first-order chi connectivity index (χ1) is 16.0. The number of carboxylic acid groups (broad SMARTS) is 1. The Labute approximate surface area is 194 Å². The topological polar surface area (TPSA) is 104 Å². The second-order valence-electron chi connectivity index (χ2n) is 8.42. The summed E-state index contributed by atoms with van der Waals surface area (Å²) in [5.41, 5.74) is 1.88. The van der Waals surface area contributed by atoms with Crippen LogP contribution in [-0.4, -0.2) is 68.5 Å². The number of aromatic nitrogens is 2. The normalized spacial score (nSPS) is 20.2. The van der Waals surface area contributed by atoms with Crippen molar-refractivity contribution >= 4 is 17.8 Å². The Kier molecular flexibility index (Phi) is 7.53. The van der Waals surface area contributed by atoms with Crippen LogP contribution in [0.15, 0.2) is 42.7 Å². The first-order valence-corrected chi connectivity index (χ1v) is 10.7. The van der Waals surface area contributed by atoms with Crippen molar-refractivity contribution < 1.29 is 32.7 Å². The van der Waals surface area contributed by atoms with Crippen LogP contribution in [0.25, 0.3) is 0 Å². The molecule has 0 bridgehead atoms. The molecule has 1 unspecified atom stereocenters. The number of carboxylic acids is 1. The molecule has 0 radical (unpaired) electrons. The van der Waals surface area contributed by atoms with Crippen LogP contribution < -0.4 is 0 Å². The highest BCUT2D eigenvalue weighted by molar-refractivity contribution is 5.93. The lowest BCUT2D eigenvalue weighted by molar-refractivity contribution is -0.192. The maximum Gasteiger partial charge on any atom is 0.490 e. The van der Waals surface area contributed by atoms with Crippen LogP contribution in [-0.2, 0) is 16.1 Å². The minimum absolute atomic E-state index is 0.0729. The second-order valence-corrected chi connectivity index (χ2v) is 8.42. The lowest BCUT2D eigenvalue weighted by Crippen LogP contribution is -2.49. The smallest absolute Gasteiger partial charge is 0.475 e. The van der Waals surface area contributed by atoms with E-state index in [4.69, 9.17) is 9.90 Å². The van der Waals surface area contributed by atoms with Gasteiger partial charge in [0.15, 0.2) is 0 Å². The molecular formula is C23H25F3N4O4. The summed E-state index contributed by atoms with van der Waals surface area (Å²) in [5, 5.41) is 7.12. The third-order valence-corrected chi connectivity index (χ3v) is 5.91. The molecule has 2 amide bonds. The van der Waals surface area contributed by atoms with Crippen LogP contribution in [0.4, 0.5) is 13.2 Å². The highest BCUT2D eigenvalue weighted by Crippen LogP contribution is 2.41. The first kappa shape index (κ1) is 25.1. The van der Waals surface area contributed by atoms with Crippen LogP contribution in [0.5, 0.6) is 0 Å². The SMILES string of the molecule is Cc1cccc(C(=O)N2CCCC3(CCN(Cc4cccnc4)C3=O)C2)n1.O=C(O)C(F)(F)F. The fourth-order valence-electron chi connectivity index (χ4n) is 4.26. The van der Waals surface area contributed by atoms with Crippen molar-refractivity contribution in [3.8, 4) is 0 Å². The van der Waals surface area contributed by atoms with E-state index in [1.54, 1.807) is 18.5 Å². The number of carbonyl (C=O) groups is 3. The molecule has 182 valence electrons. The molecule has 34 heavy (non-hydrogen) atoms. The molecule has 0 aromatic carbocycles. The zero-order valence-corrected chi connectivity index (χ0v) is 18.6. The molecule has 2 aliphatic rings.